The van der Waals surface area contributed by atoms with Gasteiger partial charge in [0.1, 0.15) is 0 Å². The number of amides is 1. The van der Waals surface area contributed by atoms with E-state index in [4.69, 9.17) is 0 Å². The summed E-state index contributed by atoms with van der Waals surface area (Å²) in [7, 11) is -2.27. The molecule has 0 radical (unpaired) electrons. The second-order valence-corrected chi connectivity index (χ2v) is 9.66. The van der Waals surface area contributed by atoms with Gasteiger partial charge in [-0.2, -0.15) is 0 Å². The lowest BCUT2D eigenvalue weighted by molar-refractivity contribution is 0.0981. The first kappa shape index (κ1) is 20.2. The molecule has 154 valence electrons. The highest BCUT2D eigenvalue weighted by atomic mass is 32.2. The summed E-state index contributed by atoms with van der Waals surface area (Å²) >= 11 is 0. The number of rotatable bonds is 4. The Kier molecular flexibility index (Phi) is 5.12. The summed E-state index contributed by atoms with van der Waals surface area (Å²) in [5.41, 5.74) is 4.00. The minimum absolute atomic E-state index is 0.0189. The molecule has 1 amide bonds. The number of fused-ring (bicyclic) bond motifs is 1. The summed E-state index contributed by atoms with van der Waals surface area (Å²) in [5.74, 6) is -0.192. The second-order valence-electron chi connectivity index (χ2n) is 7.69. The number of anilines is 2. The van der Waals surface area contributed by atoms with Gasteiger partial charge in [-0.1, -0.05) is 42.0 Å². The predicted molar refractivity (Wildman–Crippen MR) is 120 cm³/mol. The Morgan fingerprint density at radius 1 is 1.00 bits per heavy atom. The number of carbonyl (C=O) groups is 1. The second kappa shape index (κ2) is 7.61. The average molecular weight is 421 g/mol. The Balaban J connectivity index is 1.67. The van der Waals surface area contributed by atoms with Crippen LogP contribution in [0.3, 0.4) is 0 Å². The van der Waals surface area contributed by atoms with Gasteiger partial charge in [-0.3, -0.25) is 9.10 Å². The lowest BCUT2D eigenvalue weighted by Crippen LogP contribution is -2.36. The Labute approximate surface area is 177 Å². The fourth-order valence-electron chi connectivity index (χ4n) is 3.86. The van der Waals surface area contributed by atoms with E-state index in [0.29, 0.717) is 11.3 Å². The molecule has 6 heteroatoms. The smallest absolute Gasteiger partial charge is 0.264 e. The lowest BCUT2D eigenvalue weighted by atomic mass is 10.1. The molecule has 3 aromatic rings. The van der Waals surface area contributed by atoms with Gasteiger partial charge in [0.2, 0.25) is 0 Å². The molecule has 1 heterocycles. The van der Waals surface area contributed by atoms with Crippen LogP contribution in [0.4, 0.5) is 11.4 Å². The van der Waals surface area contributed by atoms with Crippen molar-refractivity contribution in [2.75, 3.05) is 16.3 Å². The number of hydrogen-bond acceptors (Lipinski definition) is 3. The van der Waals surface area contributed by atoms with Crippen LogP contribution < -0.4 is 9.21 Å². The Bertz CT molecular complexity index is 1200. The van der Waals surface area contributed by atoms with E-state index in [2.05, 4.69) is 0 Å². The summed E-state index contributed by atoms with van der Waals surface area (Å²) in [6.07, 6.45) is 0.788. The fraction of sp³-hybridized carbons (Fsp3) is 0.208. The van der Waals surface area contributed by atoms with Crippen LogP contribution in [0.25, 0.3) is 0 Å². The first-order valence-corrected chi connectivity index (χ1v) is 11.3. The summed E-state index contributed by atoms with van der Waals surface area (Å²) in [4.78, 5) is 15.1. The molecule has 0 saturated carbocycles. The van der Waals surface area contributed by atoms with E-state index in [9.17, 15) is 13.2 Å². The third kappa shape index (κ3) is 3.48. The maximum Gasteiger partial charge on any atom is 0.264 e. The lowest BCUT2D eigenvalue weighted by Gasteiger charge is -2.24. The van der Waals surface area contributed by atoms with Gasteiger partial charge in [-0.25, -0.2) is 8.42 Å². The first-order valence-electron chi connectivity index (χ1n) is 9.86. The van der Waals surface area contributed by atoms with Crippen LogP contribution in [0.5, 0.6) is 0 Å². The highest BCUT2D eigenvalue weighted by molar-refractivity contribution is 7.92. The van der Waals surface area contributed by atoms with Crippen molar-refractivity contribution in [3.8, 4) is 0 Å². The quantitative estimate of drug-likeness (QED) is 0.628. The minimum atomic E-state index is -3.80. The zero-order valence-electron chi connectivity index (χ0n) is 17.2. The summed E-state index contributed by atoms with van der Waals surface area (Å²) in [6, 6.07) is 21.4. The zero-order valence-corrected chi connectivity index (χ0v) is 18.1. The van der Waals surface area contributed by atoms with Gasteiger partial charge in [-0.15, -0.1) is 0 Å². The van der Waals surface area contributed by atoms with Crippen LogP contribution in [0.1, 0.15) is 28.4 Å². The number of aryl methyl sites for hydroxylation is 1. The van der Waals surface area contributed by atoms with E-state index >= 15 is 0 Å². The number of sulfonamides is 1. The molecule has 1 aliphatic rings. The van der Waals surface area contributed by atoms with Crippen LogP contribution in [-0.2, 0) is 16.4 Å². The van der Waals surface area contributed by atoms with Crippen molar-refractivity contribution in [1.82, 2.24) is 0 Å². The molecule has 0 aromatic heterocycles. The van der Waals surface area contributed by atoms with E-state index in [1.807, 2.05) is 50.2 Å². The number of carbonyl (C=O) groups excluding carboxylic acids is 1. The zero-order chi connectivity index (χ0) is 21.5. The van der Waals surface area contributed by atoms with Crippen molar-refractivity contribution in [2.24, 2.45) is 0 Å². The molecule has 0 bridgehead atoms. The Hall–Kier alpha value is -3.12. The molecule has 0 unspecified atom stereocenters. The number of para-hydroxylation sites is 1. The first-order chi connectivity index (χ1) is 14.3. The van der Waals surface area contributed by atoms with E-state index in [1.165, 1.54) is 23.5 Å². The van der Waals surface area contributed by atoms with E-state index in [0.717, 1.165) is 23.2 Å². The van der Waals surface area contributed by atoms with E-state index in [-0.39, 0.29) is 16.8 Å². The highest BCUT2D eigenvalue weighted by Gasteiger charge is 2.32. The SMILES string of the molecule is Cc1ccc(N(C)S(=O)(=O)c2cccc(C(=O)N3c4ccccc4C[C@H]3C)c2)cc1. The molecule has 5 nitrogen and oxygen atoms in total. The summed E-state index contributed by atoms with van der Waals surface area (Å²) in [5, 5.41) is 0. The molecule has 0 N–H and O–H groups in total. The van der Waals surface area contributed by atoms with Crippen molar-refractivity contribution in [3.05, 3.63) is 89.5 Å². The highest BCUT2D eigenvalue weighted by Crippen LogP contribution is 2.33. The molecule has 1 atom stereocenters. The predicted octanol–water partition coefficient (Wildman–Crippen LogP) is 4.41. The molecular formula is C24H24N2O3S. The number of nitrogens with zero attached hydrogens (tertiary/aromatic N) is 2. The average Bonchev–Trinajstić information content (AvgIpc) is 3.09. The van der Waals surface area contributed by atoms with Crippen LogP contribution >= 0.6 is 0 Å². The largest absolute Gasteiger partial charge is 0.305 e. The third-order valence-corrected chi connectivity index (χ3v) is 7.34. The van der Waals surface area contributed by atoms with Crippen LogP contribution in [0.15, 0.2) is 77.7 Å². The van der Waals surface area contributed by atoms with Gasteiger partial charge in [-0.05, 0) is 62.2 Å². The molecule has 4 rings (SSSR count). The number of benzene rings is 3. The van der Waals surface area contributed by atoms with Crippen LogP contribution in [-0.4, -0.2) is 27.4 Å². The van der Waals surface area contributed by atoms with Crippen molar-refractivity contribution in [2.45, 2.75) is 31.2 Å². The van der Waals surface area contributed by atoms with Gasteiger partial charge in [0, 0.05) is 24.3 Å². The molecule has 30 heavy (non-hydrogen) atoms. The van der Waals surface area contributed by atoms with Crippen molar-refractivity contribution in [3.63, 3.8) is 0 Å². The van der Waals surface area contributed by atoms with Crippen molar-refractivity contribution >= 4 is 27.3 Å². The van der Waals surface area contributed by atoms with Gasteiger partial charge < -0.3 is 4.90 Å². The van der Waals surface area contributed by atoms with Crippen LogP contribution in [0, 0.1) is 6.92 Å². The van der Waals surface area contributed by atoms with Crippen molar-refractivity contribution in [1.29, 1.82) is 0 Å². The van der Waals surface area contributed by atoms with Gasteiger partial charge >= 0.3 is 0 Å². The molecule has 1 aliphatic heterocycles. The molecular weight excluding hydrogens is 396 g/mol. The van der Waals surface area contributed by atoms with E-state index < -0.39 is 10.0 Å². The molecule has 0 saturated heterocycles. The third-order valence-electron chi connectivity index (χ3n) is 5.56. The monoisotopic (exact) mass is 420 g/mol. The fourth-order valence-corrected chi connectivity index (χ4v) is 5.10. The summed E-state index contributed by atoms with van der Waals surface area (Å²) in [6.45, 7) is 3.95. The van der Waals surface area contributed by atoms with Gasteiger partial charge in [0.05, 0.1) is 10.6 Å². The van der Waals surface area contributed by atoms with E-state index in [1.54, 1.807) is 29.2 Å². The maximum absolute atomic E-state index is 13.3. The van der Waals surface area contributed by atoms with Crippen LogP contribution in [0.2, 0.25) is 0 Å². The molecule has 0 aliphatic carbocycles. The molecule has 0 spiro atoms. The summed E-state index contributed by atoms with van der Waals surface area (Å²) < 4.78 is 27.6. The maximum atomic E-state index is 13.3. The van der Waals surface area contributed by atoms with Gasteiger partial charge in [0.25, 0.3) is 15.9 Å². The molecule has 0 fully saturated rings. The topological polar surface area (TPSA) is 57.7 Å². The standard InChI is InChI=1S/C24H24N2O3S/c1-17-11-13-21(14-12-17)25(3)30(28,29)22-9-6-8-20(16-22)24(27)26-18(2)15-19-7-4-5-10-23(19)26/h4-14,16,18H,15H2,1-3H3/t18-/m1/s1. The van der Waals surface area contributed by atoms with Crippen molar-refractivity contribution < 1.29 is 13.2 Å². The Morgan fingerprint density at radius 3 is 2.43 bits per heavy atom. The Morgan fingerprint density at radius 2 is 1.70 bits per heavy atom. The minimum Gasteiger partial charge on any atom is -0.305 e. The van der Waals surface area contributed by atoms with Gasteiger partial charge in [0.15, 0.2) is 0 Å². The normalized spacial score (nSPS) is 15.7. The number of hydrogen-bond donors (Lipinski definition) is 0. The molecule has 3 aromatic carbocycles.